The molecule has 0 saturated heterocycles. The molecule has 102 valence electrons. The minimum absolute atomic E-state index is 0.133. The number of nitrogens with zero attached hydrogens (tertiary/aromatic N) is 1. The van der Waals surface area contributed by atoms with Crippen LogP contribution in [0, 0.1) is 0 Å². The molecule has 1 aromatic heterocycles. The van der Waals surface area contributed by atoms with E-state index in [0.29, 0.717) is 6.42 Å². The van der Waals surface area contributed by atoms with Crippen molar-refractivity contribution >= 4 is 49.1 Å². The summed E-state index contributed by atoms with van der Waals surface area (Å²) >= 11 is 11.3. The molecule has 0 aliphatic heterocycles. The van der Waals surface area contributed by atoms with Crippen molar-refractivity contribution in [2.75, 3.05) is 0 Å². The summed E-state index contributed by atoms with van der Waals surface area (Å²) in [5, 5.41) is 1.68. The van der Waals surface area contributed by atoms with Crippen molar-refractivity contribution < 1.29 is 0 Å². The molecule has 5 heteroatoms. The van der Waals surface area contributed by atoms with E-state index in [2.05, 4.69) is 27.0 Å². The van der Waals surface area contributed by atoms with E-state index in [1.165, 1.54) is 4.70 Å². The Morgan fingerprint density at radius 1 is 1.25 bits per heavy atom. The van der Waals surface area contributed by atoms with E-state index >= 15 is 0 Å². The minimum atomic E-state index is -0.133. The summed E-state index contributed by atoms with van der Waals surface area (Å²) in [5.41, 5.74) is 8.32. The highest BCUT2D eigenvalue weighted by atomic mass is 79.9. The third-order valence-corrected chi connectivity index (χ3v) is 5.10. The summed E-state index contributed by atoms with van der Waals surface area (Å²) < 4.78 is 2.14. The minimum Gasteiger partial charge on any atom is -0.322 e. The second-order valence-electron chi connectivity index (χ2n) is 4.57. The van der Waals surface area contributed by atoms with Crippen molar-refractivity contribution in [2.24, 2.45) is 5.73 Å². The number of hydrogen-bond donors (Lipinski definition) is 1. The predicted octanol–water partition coefficient (Wildman–Crippen LogP) is 4.95. The average molecular weight is 368 g/mol. The fraction of sp³-hybridized carbons (Fsp3) is 0.133. The Hall–Kier alpha value is -0.940. The molecule has 20 heavy (non-hydrogen) atoms. The van der Waals surface area contributed by atoms with E-state index < -0.39 is 0 Å². The van der Waals surface area contributed by atoms with Crippen LogP contribution in [0.3, 0.4) is 0 Å². The maximum absolute atomic E-state index is 6.28. The Kier molecular flexibility index (Phi) is 4.08. The number of nitrogens with two attached hydrogens (primary N) is 1. The van der Waals surface area contributed by atoms with E-state index in [1.807, 2.05) is 36.4 Å². The van der Waals surface area contributed by atoms with Crippen molar-refractivity contribution in [3.8, 4) is 0 Å². The van der Waals surface area contributed by atoms with E-state index in [4.69, 9.17) is 17.3 Å². The SMILES string of the molecule is NC(Cc1ccc(Br)cc1Cl)c1nc2ccccc2s1. The second-order valence-corrected chi connectivity index (χ2v) is 6.95. The zero-order valence-corrected chi connectivity index (χ0v) is 13.7. The van der Waals surface area contributed by atoms with Crippen LogP contribution in [0.2, 0.25) is 5.02 Å². The second kappa shape index (κ2) is 5.82. The van der Waals surface area contributed by atoms with Crippen molar-refractivity contribution in [3.05, 3.63) is 62.5 Å². The smallest absolute Gasteiger partial charge is 0.111 e. The molecule has 2 aromatic carbocycles. The van der Waals surface area contributed by atoms with Crippen molar-refractivity contribution in [1.29, 1.82) is 0 Å². The highest BCUT2D eigenvalue weighted by Crippen LogP contribution is 2.29. The number of para-hydroxylation sites is 1. The maximum atomic E-state index is 6.28. The van der Waals surface area contributed by atoms with Gasteiger partial charge in [-0.25, -0.2) is 4.98 Å². The number of rotatable bonds is 3. The Labute approximate surface area is 134 Å². The fourth-order valence-corrected chi connectivity index (χ4v) is 3.78. The van der Waals surface area contributed by atoms with E-state index in [0.717, 1.165) is 25.6 Å². The molecule has 0 aliphatic rings. The Balaban J connectivity index is 1.86. The molecule has 2 nitrogen and oxygen atoms in total. The lowest BCUT2D eigenvalue weighted by Crippen LogP contribution is -2.13. The van der Waals surface area contributed by atoms with Gasteiger partial charge in [0.1, 0.15) is 5.01 Å². The summed E-state index contributed by atoms with van der Waals surface area (Å²) in [4.78, 5) is 4.60. The molecule has 3 rings (SSSR count). The molecular formula is C15H12BrClN2S. The van der Waals surface area contributed by atoms with Gasteiger partial charge in [-0.2, -0.15) is 0 Å². The number of thiazole rings is 1. The molecule has 0 spiro atoms. The van der Waals surface area contributed by atoms with Crippen molar-refractivity contribution in [1.82, 2.24) is 4.98 Å². The zero-order valence-electron chi connectivity index (χ0n) is 10.5. The van der Waals surface area contributed by atoms with Gasteiger partial charge < -0.3 is 5.73 Å². The highest BCUT2D eigenvalue weighted by Gasteiger charge is 2.14. The quantitative estimate of drug-likeness (QED) is 0.711. The van der Waals surface area contributed by atoms with Crippen LogP contribution in [0.5, 0.6) is 0 Å². The summed E-state index contributed by atoms with van der Waals surface area (Å²) in [7, 11) is 0. The molecule has 0 fully saturated rings. The molecule has 0 amide bonds. The third kappa shape index (κ3) is 2.88. The Morgan fingerprint density at radius 3 is 2.80 bits per heavy atom. The van der Waals surface area contributed by atoms with Crippen LogP contribution in [0.25, 0.3) is 10.2 Å². The number of aromatic nitrogens is 1. The average Bonchev–Trinajstić information content (AvgIpc) is 2.86. The summed E-state index contributed by atoms with van der Waals surface area (Å²) in [6, 6.07) is 13.8. The molecule has 0 radical (unpaired) electrons. The first-order chi connectivity index (χ1) is 9.63. The molecule has 0 bridgehead atoms. The normalized spacial score (nSPS) is 12.8. The Morgan fingerprint density at radius 2 is 2.05 bits per heavy atom. The van der Waals surface area contributed by atoms with Gasteiger partial charge in [-0.1, -0.05) is 45.7 Å². The monoisotopic (exact) mass is 366 g/mol. The summed E-state index contributed by atoms with van der Waals surface area (Å²) in [6.07, 6.45) is 0.686. The first-order valence-corrected chi connectivity index (χ1v) is 8.17. The van der Waals surface area contributed by atoms with Gasteiger partial charge in [0.05, 0.1) is 16.3 Å². The number of hydrogen-bond acceptors (Lipinski definition) is 3. The number of halogens is 2. The topological polar surface area (TPSA) is 38.9 Å². The van der Waals surface area contributed by atoms with Gasteiger partial charge in [0.15, 0.2) is 0 Å². The lowest BCUT2D eigenvalue weighted by atomic mass is 10.1. The van der Waals surface area contributed by atoms with E-state index in [1.54, 1.807) is 11.3 Å². The summed E-state index contributed by atoms with van der Waals surface area (Å²) in [5.74, 6) is 0. The van der Waals surface area contributed by atoms with Gasteiger partial charge in [-0.05, 0) is 36.2 Å². The largest absolute Gasteiger partial charge is 0.322 e. The fourth-order valence-electron chi connectivity index (χ4n) is 2.06. The van der Waals surface area contributed by atoms with Crippen LogP contribution in [0.1, 0.15) is 16.6 Å². The zero-order chi connectivity index (χ0) is 14.1. The molecule has 2 N–H and O–H groups in total. The lowest BCUT2D eigenvalue weighted by Gasteiger charge is -2.10. The van der Waals surface area contributed by atoms with Crippen LogP contribution in [-0.2, 0) is 6.42 Å². The lowest BCUT2D eigenvalue weighted by molar-refractivity contribution is 0.717. The van der Waals surface area contributed by atoms with Crippen LogP contribution in [0.4, 0.5) is 0 Å². The molecular weight excluding hydrogens is 356 g/mol. The van der Waals surface area contributed by atoms with Crippen molar-refractivity contribution in [2.45, 2.75) is 12.5 Å². The first-order valence-electron chi connectivity index (χ1n) is 6.18. The number of benzene rings is 2. The molecule has 1 heterocycles. The standard InChI is InChI=1S/C15H12BrClN2S/c16-10-6-5-9(11(17)8-10)7-12(18)15-19-13-3-1-2-4-14(13)20-15/h1-6,8,12H,7,18H2. The van der Waals surface area contributed by atoms with Crippen LogP contribution < -0.4 is 5.73 Å². The molecule has 0 saturated carbocycles. The van der Waals surface area contributed by atoms with Gasteiger partial charge in [0, 0.05) is 9.50 Å². The van der Waals surface area contributed by atoms with Crippen LogP contribution in [-0.4, -0.2) is 4.98 Å². The van der Waals surface area contributed by atoms with Gasteiger partial charge >= 0.3 is 0 Å². The molecule has 1 atom stereocenters. The maximum Gasteiger partial charge on any atom is 0.111 e. The van der Waals surface area contributed by atoms with Crippen LogP contribution >= 0.6 is 38.9 Å². The third-order valence-electron chi connectivity index (χ3n) is 3.08. The first kappa shape index (κ1) is 14.0. The predicted molar refractivity (Wildman–Crippen MR) is 89.4 cm³/mol. The van der Waals surface area contributed by atoms with Gasteiger partial charge in [-0.15, -0.1) is 11.3 Å². The number of fused-ring (bicyclic) bond motifs is 1. The highest BCUT2D eigenvalue weighted by molar-refractivity contribution is 9.10. The van der Waals surface area contributed by atoms with Crippen LogP contribution in [0.15, 0.2) is 46.9 Å². The summed E-state index contributed by atoms with van der Waals surface area (Å²) in [6.45, 7) is 0. The molecule has 3 aromatic rings. The van der Waals surface area contributed by atoms with E-state index in [-0.39, 0.29) is 6.04 Å². The van der Waals surface area contributed by atoms with E-state index in [9.17, 15) is 0 Å². The molecule has 0 aliphatic carbocycles. The van der Waals surface area contributed by atoms with Gasteiger partial charge in [0.25, 0.3) is 0 Å². The van der Waals surface area contributed by atoms with Crippen molar-refractivity contribution in [3.63, 3.8) is 0 Å². The molecule has 1 unspecified atom stereocenters. The van der Waals surface area contributed by atoms with Gasteiger partial charge in [-0.3, -0.25) is 0 Å². The van der Waals surface area contributed by atoms with Gasteiger partial charge in [0.2, 0.25) is 0 Å². The Bertz CT molecular complexity index is 723.